The second-order valence-electron chi connectivity index (χ2n) is 8.23. The number of aliphatic hydroxyl groups is 1. The highest BCUT2D eigenvalue weighted by molar-refractivity contribution is 5.97. The third kappa shape index (κ3) is 4.77. The number of halogens is 3. The number of likely N-dealkylation sites (N-methyl/N-ethyl adjacent to an activating group) is 1. The molecule has 2 aromatic rings. The van der Waals surface area contributed by atoms with Crippen molar-refractivity contribution in [1.29, 1.82) is 0 Å². The van der Waals surface area contributed by atoms with E-state index in [1.165, 1.54) is 6.20 Å². The lowest BCUT2D eigenvalue weighted by molar-refractivity contribution is -0.185. The number of benzene rings is 1. The third-order valence-corrected chi connectivity index (χ3v) is 5.97. The average molecular weight is 463 g/mol. The summed E-state index contributed by atoms with van der Waals surface area (Å²) in [5, 5.41) is 9.09. The van der Waals surface area contributed by atoms with Crippen molar-refractivity contribution in [3.63, 3.8) is 0 Å². The number of carbonyl (C=O) groups excluding carboxylic acids is 2. The number of alkyl halides is 3. The predicted molar refractivity (Wildman–Crippen MR) is 112 cm³/mol. The van der Waals surface area contributed by atoms with Crippen LogP contribution in [0, 0.1) is 0 Å². The largest absolute Gasteiger partial charge is 0.471 e. The zero-order valence-corrected chi connectivity index (χ0v) is 18.1. The molecule has 1 aromatic carbocycles. The Morgan fingerprint density at radius 3 is 2.64 bits per heavy atom. The fourth-order valence-electron chi connectivity index (χ4n) is 4.17. The van der Waals surface area contributed by atoms with E-state index in [0.717, 1.165) is 21.6 Å². The van der Waals surface area contributed by atoms with Crippen molar-refractivity contribution < 1.29 is 27.9 Å². The van der Waals surface area contributed by atoms with Crippen LogP contribution in [-0.2, 0) is 30.7 Å². The van der Waals surface area contributed by atoms with Crippen LogP contribution in [0.1, 0.15) is 32.7 Å². The molecular formula is C22H24F3N5O3. The molecule has 11 heteroatoms. The van der Waals surface area contributed by atoms with Gasteiger partial charge in [0.15, 0.2) is 0 Å². The predicted octanol–water partition coefficient (Wildman–Crippen LogP) is 1.55. The first kappa shape index (κ1) is 23.0. The van der Waals surface area contributed by atoms with Gasteiger partial charge in [-0.2, -0.15) is 13.2 Å². The molecule has 0 unspecified atom stereocenters. The van der Waals surface area contributed by atoms with Crippen molar-refractivity contribution in [3.05, 3.63) is 52.3 Å². The van der Waals surface area contributed by atoms with Gasteiger partial charge in [-0.1, -0.05) is 18.2 Å². The summed E-state index contributed by atoms with van der Waals surface area (Å²) in [5.74, 6) is -1.56. The Labute approximate surface area is 188 Å². The Kier molecular flexibility index (Phi) is 6.24. The van der Waals surface area contributed by atoms with Gasteiger partial charge in [-0.05, 0) is 29.5 Å². The summed E-state index contributed by atoms with van der Waals surface area (Å²) in [6, 6.07) is 5.63. The molecule has 176 valence electrons. The van der Waals surface area contributed by atoms with Gasteiger partial charge in [-0.15, -0.1) is 0 Å². The topological polar surface area (TPSA) is 89.9 Å². The van der Waals surface area contributed by atoms with Gasteiger partial charge in [0.05, 0.1) is 24.4 Å². The van der Waals surface area contributed by atoms with E-state index in [4.69, 9.17) is 5.11 Å². The van der Waals surface area contributed by atoms with Crippen molar-refractivity contribution >= 4 is 17.8 Å². The van der Waals surface area contributed by atoms with Crippen LogP contribution in [0.3, 0.4) is 0 Å². The van der Waals surface area contributed by atoms with Gasteiger partial charge in [0.2, 0.25) is 5.95 Å². The number of fused-ring (bicyclic) bond motifs is 2. The van der Waals surface area contributed by atoms with Gasteiger partial charge in [-0.25, -0.2) is 9.97 Å². The highest BCUT2D eigenvalue weighted by Crippen LogP contribution is 2.26. The summed E-state index contributed by atoms with van der Waals surface area (Å²) in [5.41, 5.74) is 3.71. The molecule has 8 nitrogen and oxygen atoms in total. The second kappa shape index (κ2) is 8.97. The summed E-state index contributed by atoms with van der Waals surface area (Å²) < 4.78 is 38.4. The number of aliphatic hydroxyl groups excluding tert-OH is 1. The van der Waals surface area contributed by atoms with Crippen LogP contribution in [-0.4, -0.2) is 76.2 Å². The molecule has 2 amide bonds. The summed E-state index contributed by atoms with van der Waals surface area (Å²) in [7, 11) is 1.76. The van der Waals surface area contributed by atoms with E-state index >= 15 is 0 Å². The van der Waals surface area contributed by atoms with Crippen molar-refractivity contribution in [1.82, 2.24) is 19.8 Å². The minimum Gasteiger partial charge on any atom is -0.395 e. The average Bonchev–Trinajstić information content (AvgIpc) is 2.94. The molecule has 0 fully saturated rings. The minimum atomic E-state index is -4.87. The normalized spacial score (nSPS) is 15.8. The maximum atomic E-state index is 12.8. The number of hydrogen-bond donors (Lipinski definition) is 1. The van der Waals surface area contributed by atoms with E-state index < -0.39 is 12.1 Å². The standard InChI is InChI=1S/C22H24F3N5O3/c1-28(8-9-31)21-26-11-17-18(27-21)13-30(19(17)32)12-14-2-3-15-4-6-29(7-5-16(15)10-14)20(33)22(23,24)25/h2-3,10-11,31H,4-9,12-13H2,1H3. The molecule has 33 heavy (non-hydrogen) atoms. The Bertz CT molecular complexity index is 1080. The molecule has 1 aromatic heterocycles. The van der Waals surface area contributed by atoms with E-state index in [1.54, 1.807) is 16.8 Å². The summed E-state index contributed by atoms with van der Waals surface area (Å²) in [6.45, 7) is 1.01. The maximum absolute atomic E-state index is 12.8. The molecule has 0 saturated heterocycles. The van der Waals surface area contributed by atoms with Crippen LogP contribution in [0.25, 0.3) is 0 Å². The Balaban J connectivity index is 1.45. The van der Waals surface area contributed by atoms with Crippen molar-refractivity contribution in [2.75, 3.05) is 38.2 Å². The van der Waals surface area contributed by atoms with Gasteiger partial charge in [-0.3, -0.25) is 9.59 Å². The summed E-state index contributed by atoms with van der Waals surface area (Å²) in [4.78, 5) is 37.3. The fourth-order valence-corrected chi connectivity index (χ4v) is 4.17. The molecule has 0 spiro atoms. The van der Waals surface area contributed by atoms with E-state index in [2.05, 4.69) is 9.97 Å². The molecule has 2 aliphatic heterocycles. The van der Waals surface area contributed by atoms with Crippen molar-refractivity contribution in [2.45, 2.75) is 32.1 Å². The van der Waals surface area contributed by atoms with E-state index in [-0.39, 0.29) is 25.6 Å². The lowest BCUT2D eigenvalue weighted by Gasteiger charge is -2.21. The highest BCUT2D eigenvalue weighted by Gasteiger charge is 2.42. The van der Waals surface area contributed by atoms with Gasteiger partial charge in [0.1, 0.15) is 0 Å². The monoisotopic (exact) mass is 463 g/mol. The SMILES string of the molecule is CN(CCO)c1ncc2c(n1)CN(Cc1ccc3c(c1)CCN(C(=O)C(F)(F)F)CC3)C2=O. The maximum Gasteiger partial charge on any atom is 0.471 e. The smallest absolute Gasteiger partial charge is 0.395 e. The van der Waals surface area contributed by atoms with Crippen LogP contribution in [0.2, 0.25) is 0 Å². The van der Waals surface area contributed by atoms with E-state index in [0.29, 0.717) is 49.7 Å². The Morgan fingerprint density at radius 2 is 1.94 bits per heavy atom. The number of nitrogens with zero attached hydrogens (tertiary/aromatic N) is 5. The van der Waals surface area contributed by atoms with Crippen LogP contribution in [0.5, 0.6) is 0 Å². The molecule has 3 heterocycles. The first-order valence-corrected chi connectivity index (χ1v) is 10.6. The molecule has 4 rings (SSSR count). The highest BCUT2D eigenvalue weighted by atomic mass is 19.4. The number of aromatic nitrogens is 2. The van der Waals surface area contributed by atoms with Crippen molar-refractivity contribution in [2.24, 2.45) is 0 Å². The van der Waals surface area contributed by atoms with Gasteiger partial charge in [0.25, 0.3) is 5.91 Å². The first-order valence-electron chi connectivity index (χ1n) is 10.6. The van der Waals surface area contributed by atoms with Gasteiger partial charge >= 0.3 is 12.1 Å². The van der Waals surface area contributed by atoms with E-state index in [1.807, 2.05) is 18.2 Å². The van der Waals surface area contributed by atoms with Crippen LogP contribution < -0.4 is 4.90 Å². The summed E-state index contributed by atoms with van der Waals surface area (Å²) in [6.07, 6.45) is -2.70. The lowest BCUT2D eigenvalue weighted by Crippen LogP contribution is -2.42. The number of carbonyl (C=O) groups is 2. The number of anilines is 1. The lowest BCUT2D eigenvalue weighted by atomic mass is 10.00. The molecule has 0 atom stereocenters. The number of hydrogen-bond acceptors (Lipinski definition) is 6. The second-order valence-corrected chi connectivity index (χ2v) is 8.23. The molecule has 0 bridgehead atoms. The Morgan fingerprint density at radius 1 is 1.21 bits per heavy atom. The van der Waals surface area contributed by atoms with Crippen molar-refractivity contribution in [3.8, 4) is 0 Å². The first-order chi connectivity index (χ1) is 15.7. The quantitative estimate of drug-likeness (QED) is 0.724. The molecule has 2 aliphatic rings. The zero-order valence-electron chi connectivity index (χ0n) is 18.1. The summed E-state index contributed by atoms with van der Waals surface area (Å²) >= 11 is 0. The minimum absolute atomic E-state index is 0.00259. The molecule has 1 N–H and O–H groups in total. The molecule has 0 aliphatic carbocycles. The van der Waals surface area contributed by atoms with Crippen LogP contribution >= 0.6 is 0 Å². The van der Waals surface area contributed by atoms with Gasteiger partial charge < -0.3 is 19.8 Å². The van der Waals surface area contributed by atoms with Crippen LogP contribution in [0.15, 0.2) is 24.4 Å². The van der Waals surface area contributed by atoms with Crippen LogP contribution in [0.4, 0.5) is 19.1 Å². The fraction of sp³-hybridized carbons (Fsp3) is 0.455. The third-order valence-electron chi connectivity index (χ3n) is 5.97. The molecule has 0 radical (unpaired) electrons. The molecular weight excluding hydrogens is 439 g/mol. The molecule has 0 saturated carbocycles. The van der Waals surface area contributed by atoms with E-state index in [9.17, 15) is 22.8 Å². The number of rotatable bonds is 5. The van der Waals surface area contributed by atoms with Gasteiger partial charge in [0, 0.05) is 39.4 Å². The number of amides is 2. The Hall–Kier alpha value is -3.21. The zero-order chi connectivity index (χ0) is 23.8.